The van der Waals surface area contributed by atoms with Gasteiger partial charge in [-0.25, -0.2) is 0 Å². The van der Waals surface area contributed by atoms with Crippen LogP contribution in [0.4, 0.5) is 11.5 Å². The van der Waals surface area contributed by atoms with Crippen LogP contribution in [0.15, 0.2) is 18.2 Å². The van der Waals surface area contributed by atoms with Gasteiger partial charge in [-0.15, -0.1) is 0 Å². The zero-order valence-corrected chi connectivity index (χ0v) is 18.9. The number of halogens is 1. The van der Waals surface area contributed by atoms with Gasteiger partial charge in [-0.1, -0.05) is 24.6 Å². The van der Waals surface area contributed by atoms with Crippen LogP contribution in [0, 0.1) is 11.8 Å². The Morgan fingerprint density at radius 2 is 2.00 bits per heavy atom. The first-order valence-electron chi connectivity index (χ1n) is 10.8. The molecule has 2 aromatic rings. The van der Waals surface area contributed by atoms with Crippen molar-refractivity contribution in [3.8, 4) is 6.01 Å². The molecule has 8 nitrogen and oxygen atoms in total. The highest BCUT2D eigenvalue weighted by Crippen LogP contribution is 2.42. The summed E-state index contributed by atoms with van der Waals surface area (Å²) in [6, 6.07) is 5.88. The van der Waals surface area contributed by atoms with E-state index in [4.69, 9.17) is 22.1 Å². The number of hydrogen-bond donors (Lipinski definition) is 2. The molecule has 9 heteroatoms. The van der Waals surface area contributed by atoms with Crippen LogP contribution in [0.5, 0.6) is 6.01 Å². The second-order valence-electron chi connectivity index (χ2n) is 8.57. The summed E-state index contributed by atoms with van der Waals surface area (Å²) in [5, 5.41) is 9.89. The van der Waals surface area contributed by atoms with Crippen molar-refractivity contribution in [2.75, 3.05) is 24.3 Å². The summed E-state index contributed by atoms with van der Waals surface area (Å²) in [5.74, 6) is -0.691. The molecule has 2 aliphatic rings. The standard InChI is InChI=1S/C23H27ClN4O4/c1-12(22(30)31)13-3-5-14(6-4-13)16-8-7-15(11-17(16)24)28-10-9-18-19(21(28)29)20(25)27-23(26-18)32-2/h7-8,11-14H,3-6,9-10H2,1-2H3,(H,30,31)(H2,25,26,27)/t12?,13-,14-. The Labute approximate surface area is 191 Å². The number of benzene rings is 1. The molecule has 1 saturated carbocycles. The van der Waals surface area contributed by atoms with Crippen LogP contribution in [-0.2, 0) is 11.2 Å². The van der Waals surface area contributed by atoms with Crippen LogP contribution in [-0.4, -0.2) is 40.6 Å². The van der Waals surface area contributed by atoms with Gasteiger partial charge in [-0.2, -0.15) is 9.97 Å². The lowest BCUT2D eigenvalue weighted by Gasteiger charge is -2.32. The highest BCUT2D eigenvalue weighted by Gasteiger charge is 2.32. The van der Waals surface area contributed by atoms with Gasteiger partial charge in [-0.3, -0.25) is 9.59 Å². The van der Waals surface area contributed by atoms with E-state index < -0.39 is 5.97 Å². The molecule has 1 amide bonds. The number of nitrogen functional groups attached to an aromatic ring is 1. The van der Waals surface area contributed by atoms with Crippen molar-refractivity contribution in [3.63, 3.8) is 0 Å². The summed E-state index contributed by atoms with van der Waals surface area (Å²) in [7, 11) is 1.46. The third-order valence-corrected chi connectivity index (χ3v) is 7.14. The number of carboxylic acid groups (broad SMARTS) is 1. The van der Waals surface area contributed by atoms with Gasteiger partial charge in [0.25, 0.3) is 5.91 Å². The quantitative estimate of drug-likeness (QED) is 0.696. The molecule has 3 N–H and O–H groups in total. The van der Waals surface area contributed by atoms with E-state index in [1.807, 2.05) is 18.2 Å². The summed E-state index contributed by atoms with van der Waals surface area (Å²) < 4.78 is 5.05. The first kappa shape index (κ1) is 22.3. The lowest BCUT2D eigenvalue weighted by Crippen LogP contribution is -2.39. The van der Waals surface area contributed by atoms with Gasteiger partial charge >= 0.3 is 12.0 Å². The zero-order chi connectivity index (χ0) is 23.0. The average Bonchev–Trinajstić information content (AvgIpc) is 2.78. The largest absolute Gasteiger partial charge is 0.481 e. The number of carbonyl (C=O) groups excluding carboxylic acids is 1. The van der Waals surface area contributed by atoms with Crippen LogP contribution in [0.25, 0.3) is 0 Å². The van der Waals surface area contributed by atoms with Gasteiger partial charge in [0.15, 0.2) is 0 Å². The van der Waals surface area contributed by atoms with Gasteiger partial charge in [0.2, 0.25) is 0 Å². The highest BCUT2D eigenvalue weighted by atomic mass is 35.5. The van der Waals surface area contributed by atoms with E-state index in [1.165, 1.54) is 7.11 Å². The topological polar surface area (TPSA) is 119 Å². The van der Waals surface area contributed by atoms with Crippen LogP contribution in [0.2, 0.25) is 5.02 Å². The molecule has 1 aliphatic carbocycles. The van der Waals surface area contributed by atoms with Gasteiger partial charge in [0.05, 0.1) is 18.7 Å². The van der Waals surface area contributed by atoms with Crippen LogP contribution < -0.4 is 15.4 Å². The van der Waals surface area contributed by atoms with E-state index >= 15 is 0 Å². The molecule has 0 radical (unpaired) electrons. The molecule has 1 aromatic carbocycles. The molecule has 1 unspecified atom stereocenters. The Balaban J connectivity index is 1.51. The number of anilines is 2. The maximum absolute atomic E-state index is 13.1. The molecular weight excluding hydrogens is 432 g/mol. The van der Waals surface area contributed by atoms with Crippen molar-refractivity contribution in [2.24, 2.45) is 11.8 Å². The minimum atomic E-state index is -0.729. The van der Waals surface area contributed by atoms with Crippen LogP contribution >= 0.6 is 11.6 Å². The summed E-state index contributed by atoms with van der Waals surface area (Å²) in [6.45, 7) is 2.25. The van der Waals surface area contributed by atoms with Gasteiger partial charge in [0.1, 0.15) is 11.4 Å². The summed E-state index contributed by atoms with van der Waals surface area (Å²) in [6.07, 6.45) is 4.11. The minimum Gasteiger partial charge on any atom is -0.481 e. The maximum atomic E-state index is 13.1. The van der Waals surface area contributed by atoms with E-state index in [0.29, 0.717) is 40.9 Å². The SMILES string of the molecule is COc1nc(N)c2c(n1)CCN(c1ccc([C@H]3CC[C@H](C(C)C(=O)O)CC3)c(Cl)c1)C2=O. The van der Waals surface area contributed by atoms with Gasteiger partial charge in [-0.05, 0) is 55.2 Å². The molecule has 170 valence electrons. The fourth-order valence-electron chi connectivity index (χ4n) is 4.86. The van der Waals surface area contributed by atoms with Crippen molar-refractivity contribution in [2.45, 2.75) is 44.9 Å². The Hall–Kier alpha value is -2.87. The zero-order valence-electron chi connectivity index (χ0n) is 18.2. The van der Waals surface area contributed by atoms with E-state index in [9.17, 15) is 14.7 Å². The number of nitrogens with two attached hydrogens (primary N) is 1. The lowest BCUT2D eigenvalue weighted by atomic mass is 9.74. The molecular formula is C23H27ClN4O4. The molecule has 0 bridgehead atoms. The van der Waals surface area contributed by atoms with Crippen molar-refractivity contribution in [1.29, 1.82) is 0 Å². The second kappa shape index (κ2) is 8.94. The number of hydrogen-bond acceptors (Lipinski definition) is 6. The predicted molar refractivity (Wildman–Crippen MR) is 121 cm³/mol. The van der Waals surface area contributed by atoms with Crippen molar-refractivity contribution in [1.82, 2.24) is 9.97 Å². The van der Waals surface area contributed by atoms with Gasteiger partial charge < -0.3 is 20.5 Å². The maximum Gasteiger partial charge on any atom is 0.318 e. The summed E-state index contributed by atoms with van der Waals surface area (Å²) in [5.41, 5.74) is 8.66. The monoisotopic (exact) mass is 458 g/mol. The fraction of sp³-hybridized carbons (Fsp3) is 0.478. The van der Waals surface area contributed by atoms with E-state index in [-0.39, 0.29) is 29.6 Å². The Kier molecular flexibility index (Phi) is 6.24. The number of nitrogens with zero attached hydrogens (tertiary/aromatic N) is 3. The Bertz CT molecular complexity index is 1050. The number of ether oxygens (including phenoxy) is 1. The van der Waals surface area contributed by atoms with Crippen LogP contribution in [0.1, 0.15) is 60.1 Å². The van der Waals surface area contributed by atoms with E-state index in [1.54, 1.807) is 11.8 Å². The Morgan fingerprint density at radius 1 is 1.28 bits per heavy atom. The molecule has 4 rings (SSSR count). The number of methoxy groups -OCH3 is 1. The molecule has 1 aliphatic heterocycles. The summed E-state index contributed by atoms with van der Waals surface area (Å²) >= 11 is 6.65. The molecule has 1 aromatic heterocycles. The number of aliphatic carboxylic acids is 1. The minimum absolute atomic E-state index is 0.108. The molecule has 32 heavy (non-hydrogen) atoms. The number of fused-ring (bicyclic) bond motifs is 1. The van der Waals surface area contributed by atoms with Crippen molar-refractivity contribution < 1.29 is 19.4 Å². The highest BCUT2D eigenvalue weighted by molar-refractivity contribution is 6.31. The predicted octanol–water partition coefficient (Wildman–Crippen LogP) is 3.92. The third kappa shape index (κ3) is 4.11. The summed E-state index contributed by atoms with van der Waals surface area (Å²) in [4.78, 5) is 34.4. The number of carboxylic acids is 1. The first-order valence-corrected chi connectivity index (χ1v) is 11.2. The lowest BCUT2D eigenvalue weighted by molar-refractivity contribution is -0.143. The third-order valence-electron chi connectivity index (χ3n) is 6.81. The van der Waals surface area contributed by atoms with Crippen molar-refractivity contribution >= 4 is 35.0 Å². The molecule has 2 heterocycles. The van der Waals surface area contributed by atoms with E-state index in [2.05, 4.69) is 9.97 Å². The van der Waals surface area contributed by atoms with Crippen molar-refractivity contribution in [3.05, 3.63) is 40.0 Å². The number of rotatable bonds is 5. The molecule has 0 saturated heterocycles. The number of aromatic nitrogens is 2. The molecule has 1 fully saturated rings. The molecule has 1 atom stereocenters. The molecule has 0 spiro atoms. The Morgan fingerprint density at radius 3 is 2.62 bits per heavy atom. The van der Waals surface area contributed by atoms with Gasteiger partial charge in [0, 0.05) is 23.7 Å². The fourth-order valence-corrected chi connectivity index (χ4v) is 5.18. The second-order valence-corrected chi connectivity index (χ2v) is 8.98. The average molecular weight is 459 g/mol. The first-order chi connectivity index (χ1) is 15.3. The van der Waals surface area contributed by atoms with E-state index in [0.717, 1.165) is 31.2 Å². The number of carbonyl (C=O) groups is 2. The smallest absolute Gasteiger partial charge is 0.318 e. The normalized spacial score (nSPS) is 21.7. The number of amides is 1. The van der Waals surface area contributed by atoms with Crippen LogP contribution in [0.3, 0.4) is 0 Å².